The number of fused-ring (bicyclic) bond motifs is 1. The van der Waals surface area contributed by atoms with Crippen LogP contribution in [0, 0.1) is 0 Å². The van der Waals surface area contributed by atoms with Crippen molar-refractivity contribution < 1.29 is 5.11 Å². The number of aromatic hydroxyl groups is 1. The van der Waals surface area contributed by atoms with Gasteiger partial charge in [-0.15, -0.1) is 0 Å². The predicted octanol–water partition coefficient (Wildman–Crippen LogP) is 1.02. The Labute approximate surface area is 85.8 Å². The molecule has 2 aromatic rings. The summed E-state index contributed by atoms with van der Waals surface area (Å²) in [4.78, 5) is 14.9. The van der Waals surface area contributed by atoms with Gasteiger partial charge in [-0.3, -0.25) is 0 Å². The van der Waals surface area contributed by atoms with Crippen molar-refractivity contribution in [2.24, 2.45) is 0 Å². The van der Waals surface area contributed by atoms with Crippen LogP contribution in [0.1, 0.15) is 19.3 Å². The highest BCUT2D eigenvalue weighted by molar-refractivity contribution is 5.76. The molecule has 0 atom stereocenters. The first kappa shape index (κ1) is 8.46. The van der Waals surface area contributed by atoms with Gasteiger partial charge < -0.3 is 15.4 Å². The fraction of sp³-hybridized carbons (Fsp3) is 0.444. The third-order valence-corrected chi connectivity index (χ3v) is 2.70. The van der Waals surface area contributed by atoms with Crippen LogP contribution in [-0.2, 0) is 0 Å². The number of anilines is 1. The topological polar surface area (TPSA) is 86.7 Å². The summed E-state index contributed by atoms with van der Waals surface area (Å²) in [5.41, 5.74) is 0.971. The van der Waals surface area contributed by atoms with E-state index in [0.717, 1.165) is 12.8 Å². The minimum atomic E-state index is -0.0805. The number of rotatable bonds is 2. The van der Waals surface area contributed by atoms with Crippen molar-refractivity contribution in [3.63, 3.8) is 0 Å². The van der Waals surface area contributed by atoms with Gasteiger partial charge in [0.15, 0.2) is 11.2 Å². The van der Waals surface area contributed by atoms with Gasteiger partial charge in [0.1, 0.15) is 0 Å². The molecule has 0 aromatic carbocycles. The molecule has 0 aliphatic heterocycles. The summed E-state index contributed by atoms with van der Waals surface area (Å²) in [6.07, 6.45) is 5.03. The van der Waals surface area contributed by atoms with E-state index < -0.39 is 0 Å². The van der Waals surface area contributed by atoms with Crippen LogP contribution >= 0.6 is 0 Å². The molecule has 1 saturated carbocycles. The maximum absolute atomic E-state index is 9.57. The molecule has 2 aromatic heterocycles. The van der Waals surface area contributed by atoms with Crippen molar-refractivity contribution in [2.75, 3.05) is 5.32 Å². The lowest BCUT2D eigenvalue weighted by Gasteiger charge is -2.26. The van der Waals surface area contributed by atoms with Crippen LogP contribution in [0.4, 0.5) is 5.95 Å². The van der Waals surface area contributed by atoms with Gasteiger partial charge >= 0.3 is 0 Å². The number of aromatic nitrogens is 4. The summed E-state index contributed by atoms with van der Waals surface area (Å²) in [6, 6.07) is 0.449. The van der Waals surface area contributed by atoms with Crippen molar-refractivity contribution in [1.29, 1.82) is 0 Å². The Balaban J connectivity index is 1.96. The molecule has 0 radical (unpaired) electrons. The number of imidazole rings is 1. The molecular weight excluding hydrogens is 194 g/mol. The van der Waals surface area contributed by atoms with Crippen molar-refractivity contribution in [3.8, 4) is 5.88 Å². The highest BCUT2D eigenvalue weighted by Gasteiger charge is 2.19. The number of nitrogens with one attached hydrogen (secondary N) is 2. The van der Waals surface area contributed by atoms with E-state index in [1.54, 1.807) is 0 Å². The second-order valence-corrected chi connectivity index (χ2v) is 3.74. The monoisotopic (exact) mass is 205 g/mol. The van der Waals surface area contributed by atoms with Gasteiger partial charge in [-0.2, -0.15) is 9.97 Å². The lowest BCUT2D eigenvalue weighted by atomic mass is 9.93. The Morgan fingerprint density at radius 2 is 2.27 bits per heavy atom. The third kappa shape index (κ3) is 1.38. The van der Waals surface area contributed by atoms with E-state index in [9.17, 15) is 5.11 Å². The largest absolute Gasteiger partial charge is 0.492 e. The Kier molecular flexibility index (Phi) is 1.74. The molecule has 3 N–H and O–H groups in total. The number of H-pyrrole nitrogens is 1. The first-order valence-corrected chi connectivity index (χ1v) is 4.99. The molecule has 6 heteroatoms. The lowest BCUT2D eigenvalue weighted by Crippen LogP contribution is -2.27. The molecule has 78 valence electrons. The maximum atomic E-state index is 9.57. The van der Waals surface area contributed by atoms with Crippen LogP contribution in [0.25, 0.3) is 11.2 Å². The Hall–Kier alpha value is -1.85. The van der Waals surface area contributed by atoms with Gasteiger partial charge in [-0.05, 0) is 19.3 Å². The van der Waals surface area contributed by atoms with Gasteiger partial charge in [0.2, 0.25) is 11.8 Å². The Morgan fingerprint density at radius 3 is 3.00 bits per heavy atom. The van der Waals surface area contributed by atoms with Gasteiger partial charge in [0, 0.05) is 6.04 Å². The molecule has 0 amide bonds. The Bertz CT molecular complexity index is 490. The second-order valence-electron chi connectivity index (χ2n) is 3.74. The third-order valence-electron chi connectivity index (χ3n) is 2.70. The Morgan fingerprint density at radius 1 is 1.40 bits per heavy atom. The number of aromatic amines is 1. The molecule has 0 spiro atoms. The van der Waals surface area contributed by atoms with Crippen molar-refractivity contribution >= 4 is 17.1 Å². The SMILES string of the molecule is Oc1nc(NC2CCC2)nc2[nH]cnc12. The molecule has 0 bridgehead atoms. The minimum Gasteiger partial charge on any atom is -0.492 e. The minimum absolute atomic E-state index is 0.0805. The molecule has 1 fully saturated rings. The van der Waals surface area contributed by atoms with Gasteiger partial charge in [-0.1, -0.05) is 0 Å². The van der Waals surface area contributed by atoms with E-state index >= 15 is 0 Å². The van der Waals surface area contributed by atoms with Crippen molar-refractivity contribution in [2.45, 2.75) is 25.3 Å². The summed E-state index contributed by atoms with van der Waals surface area (Å²) in [5.74, 6) is 0.386. The van der Waals surface area contributed by atoms with E-state index in [1.807, 2.05) is 0 Å². The van der Waals surface area contributed by atoms with Crippen molar-refractivity contribution in [1.82, 2.24) is 19.9 Å². The molecular formula is C9H11N5O. The molecule has 2 heterocycles. The van der Waals surface area contributed by atoms with E-state index in [4.69, 9.17) is 0 Å². The molecule has 6 nitrogen and oxygen atoms in total. The summed E-state index contributed by atoms with van der Waals surface area (Å²) >= 11 is 0. The molecule has 3 rings (SSSR count). The second kappa shape index (κ2) is 3.08. The highest BCUT2D eigenvalue weighted by atomic mass is 16.3. The summed E-state index contributed by atoms with van der Waals surface area (Å²) in [6.45, 7) is 0. The average molecular weight is 205 g/mol. The molecule has 15 heavy (non-hydrogen) atoms. The summed E-state index contributed by atoms with van der Waals surface area (Å²) in [7, 11) is 0. The van der Waals surface area contributed by atoms with E-state index in [0.29, 0.717) is 23.2 Å². The maximum Gasteiger partial charge on any atom is 0.244 e. The van der Waals surface area contributed by atoms with E-state index in [1.165, 1.54) is 12.7 Å². The van der Waals surface area contributed by atoms with Crippen LogP contribution in [0.3, 0.4) is 0 Å². The first-order chi connectivity index (χ1) is 7.33. The van der Waals surface area contributed by atoms with Gasteiger partial charge in [0.05, 0.1) is 6.33 Å². The first-order valence-electron chi connectivity index (χ1n) is 4.99. The normalized spacial score (nSPS) is 16.5. The zero-order chi connectivity index (χ0) is 10.3. The number of hydrogen-bond donors (Lipinski definition) is 3. The fourth-order valence-electron chi connectivity index (χ4n) is 1.62. The average Bonchev–Trinajstić information content (AvgIpc) is 2.59. The number of hydrogen-bond acceptors (Lipinski definition) is 5. The zero-order valence-electron chi connectivity index (χ0n) is 8.06. The van der Waals surface area contributed by atoms with Gasteiger partial charge in [-0.25, -0.2) is 4.98 Å². The zero-order valence-corrected chi connectivity index (χ0v) is 8.06. The highest BCUT2D eigenvalue weighted by Crippen LogP contribution is 2.24. The molecule has 0 saturated heterocycles. The van der Waals surface area contributed by atoms with Crippen LogP contribution in [0.15, 0.2) is 6.33 Å². The summed E-state index contributed by atoms with van der Waals surface area (Å²) in [5, 5.41) is 12.7. The standard InChI is InChI=1S/C9H11N5O/c15-8-6-7(11-4-10-6)13-9(14-8)12-5-2-1-3-5/h4-5H,1-3H2,(H3,10,11,12,13,14,15). The predicted molar refractivity (Wildman–Crippen MR) is 54.6 cm³/mol. The van der Waals surface area contributed by atoms with Crippen LogP contribution < -0.4 is 5.32 Å². The number of nitrogens with zero attached hydrogens (tertiary/aromatic N) is 3. The molecule has 1 aliphatic carbocycles. The summed E-state index contributed by atoms with van der Waals surface area (Å²) < 4.78 is 0. The smallest absolute Gasteiger partial charge is 0.244 e. The van der Waals surface area contributed by atoms with Crippen LogP contribution in [0.2, 0.25) is 0 Å². The fourth-order valence-corrected chi connectivity index (χ4v) is 1.62. The van der Waals surface area contributed by atoms with E-state index in [2.05, 4.69) is 25.3 Å². The quantitative estimate of drug-likeness (QED) is 0.681. The van der Waals surface area contributed by atoms with Crippen LogP contribution in [0.5, 0.6) is 5.88 Å². The van der Waals surface area contributed by atoms with Crippen LogP contribution in [-0.4, -0.2) is 31.1 Å². The van der Waals surface area contributed by atoms with E-state index in [-0.39, 0.29) is 5.88 Å². The van der Waals surface area contributed by atoms with Crippen molar-refractivity contribution in [3.05, 3.63) is 6.33 Å². The molecule has 1 aliphatic rings. The lowest BCUT2D eigenvalue weighted by molar-refractivity contribution is 0.438. The molecule has 0 unspecified atom stereocenters. The van der Waals surface area contributed by atoms with Gasteiger partial charge in [0.25, 0.3) is 0 Å².